The van der Waals surface area contributed by atoms with Crippen molar-refractivity contribution in [3.63, 3.8) is 0 Å². The molecular weight excluding hydrogens is 344 g/mol. The summed E-state index contributed by atoms with van der Waals surface area (Å²) in [5.41, 5.74) is 0.724. The van der Waals surface area contributed by atoms with Crippen LogP contribution in [0.3, 0.4) is 0 Å². The number of anilines is 1. The van der Waals surface area contributed by atoms with E-state index in [0.717, 1.165) is 36.3 Å². The molecule has 0 N–H and O–H groups in total. The fourth-order valence-corrected chi connectivity index (χ4v) is 5.94. The molecule has 1 aromatic carbocycles. The summed E-state index contributed by atoms with van der Waals surface area (Å²) in [5.74, 6) is -0.0484. The molecule has 5 nitrogen and oxygen atoms in total. The van der Waals surface area contributed by atoms with Crippen LogP contribution in [0.25, 0.3) is 0 Å². The summed E-state index contributed by atoms with van der Waals surface area (Å²) in [6.45, 7) is 5.39. The van der Waals surface area contributed by atoms with Crippen molar-refractivity contribution in [2.75, 3.05) is 24.5 Å². The van der Waals surface area contributed by atoms with Gasteiger partial charge in [0.1, 0.15) is 0 Å². The summed E-state index contributed by atoms with van der Waals surface area (Å²) in [7, 11) is -3.50. The lowest BCUT2D eigenvalue weighted by molar-refractivity contribution is -0.116. The van der Waals surface area contributed by atoms with Crippen LogP contribution in [0.1, 0.15) is 39.5 Å². The molecule has 0 bridgehead atoms. The molecule has 0 aromatic heterocycles. The molecule has 132 valence electrons. The number of sulfonamides is 1. The number of thioether (sulfide) groups is 1. The summed E-state index contributed by atoms with van der Waals surface area (Å²) >= 11 is 1.69. The summed E-state index contributed by atoms with van der Waals surface area (Å²) in [6, 6.07) is 5.20. The van der Waals surface area contributed by atoms with Gasteiger partial charge in [0.25, 0.3) is 0 Å². The van der Waals surface area contributed by atoms with Crippen molar-refractivity contribution in [1.82, 2.24) is 4.31 Å². The highest BCUT2D eigenvalue weighted by Gasteiger charge is 2.30. The van der Waals surface area contributed by atoms with Gasteiger partial charge in [-0.1, -0.05) is 19.8 Å². The Morgan fingerprint density at radius 2 is 1.83 bits per heavy atom. The lowest BCUT2D eigenvalue weighted by Crippen LogP contribution is -2.37. The molecule has 1 atom stereocenters. The molecule has 2 aliphatic rings. The summed E-state index contributed by atoms with van der Waals surface area (Å²) in [6.07, 6.45) is 4.00. The zero-order valence-corrected chi connectivity index (χ0v) is 15.8. The first kappa shape index (κ1) is 17.8. The molecule has 0 radical (unpaired) electrons. The van der Waals surface area contributed by atoms with Crippen LogP contribution in [0, 0.1) is 0 Å². The standard InChI is InChI=1S/C17H24N2O3S2/c1-13-12-19(14(2)20)16-11-15(7-8-17(16)23-13)24(21,22)18-9-5-3-4-6-10-18/h7-8,11,13H,3-6,9-10,12H2,1-2H3/t13-/m1/s1. The van der Waals surface area contributed by atoms with Crippen LogP contribution >= 0.6 is 11.8 Å². The van der Waals surface area contributed by atoms with Gasteiger partial charge in [-0.15, -0.1) is 11.8 Å². The highest BCUT2D eigenvalue weighted by molar-refractivity contribution is 8.00. The molecule has 2 heterocycles. The Morgan fingerprint density at radius 3 is 2.46 bits per heavy atom. The van der Waals surface area contributed by atoms with E-state index in [1.165, 1.54) is 6.92 Å². The molecule has 24 heavy (non-hydrogen) atoms. The van der Waals surface area contributed by atoms with Gasteiger partial charge in [0.15, 0.2) is 0 Å². The average molecular weight is 369 g/mol. The Bertz CT molecular complexity index is 725. The Hall–Kier alpha value is -1.05. The molecule has 3 rings (SSSR count). The number of rotatable bonds is 2. The zero-order chi connectivity index (χ0) is 17.3. The molecule has 7 heteroatoms. The molecule has 1 aromatic rings. The zero-order valence-electron chi connectivity index (χ0n) is 14.2. The Balaban J connectivity index is 1.98. The number of fused-ring (bicyclic) bond motifs is 1. The largest absolute Gasteiger partial charge is 0.310 e. The quantitative estimate of drug-likeness (QED) is 0.805. The van der Waals surface area contributed by atoms with Gasteiger partial charge in [-0.25, -0.2) is 8.42 Å². The van der Waals surface area contributed by atoms with E-state index >= 15 is 0 Å². The van der Waals surface area contributed by atoms with E-state index in [2.05, 4.69) is 6.92 Å². The van der Waals surface area contributed by atoms with E-state index in [1.807, 2.05) is 6.07 Å². The van der Waals surface area contributed by atoms with Gasteiger partial charge >= 0.3 is 0 Å². The van der Waals surface area contributed by atoms with Crippen LogP contribution in [0.2, 0.25) is 0 Å². The van der Waals surface area contributed by atoms with E-state index in [0.29, 0.717) is 29.8 Å². The maximum atomic E-state index is 13.0. The SMILES string of the molecule is CC(=O)N1C[C@@H](C)Sc2ccc(S(=O)(=O)N3CCCCCC3)cc21. The van der Waals surface area contributed by atoms with Crippen molar-refractivity contribution in [3.8, 4) is 0 Å². The van der Waals surface area contributed by atoms with Crippen LogP contribution in [-0.4, -0.2) is 43.5 Å². The number of benzene rings is 1. The molecule has 0 saturated carbocycles. The van der Waals surface area contributed by atoms with Crippen molar-refractivity contribution in [1.29, 1.82) is 0 Å². The number of carbonyl (C=O) groups excluding carboxylic acids is 1. The maximum Gasteiger partial charge on any atom is 0.243 e. The van der Waals surface area contributed by atoms with Gasteiger partial charge in [-0.2, -0.15) is 4.31 Å². The lowest BCUT2D eigenvalue weighted by Gasteiger charge is -2.32. The molecule has 0 spiro atoms. The van der Waals surface area contributed by atoms with E-state index in [9.17, 15) is 13.2 Å². The van der Waals surface area contributed by atoms with Crippen LogP contribution in [-0.2, 0) is 14.8 Å². The third-order valence-electron chi connectivity index (χ3n) is 4.57. The molecular formula is C17H24N2O3S2. The number of hydrogen-bond acceptors (Lipinski definition) is 4. The van der Waals surface area contributed by atoms with Gasteiger partial charge in [-0.3, -0.25) is 4.79 Å². The minimum absolute atomic E-state index is 0.0484. The van der Waals surface area contributed by atoms with Crippen molar-refractivity contribution in [2.24, 2.45) is 0 Å². The number of amides is 1. The highest BCUT2D eigenvalue weighted by atomic mass is 32.2. The van der Waals surface area contributed by atoms with Crippen LogP contribution in [0.5, 0.6) is 0 Å². The second kappa shape index (κ2) is 7.06. The topological polar surface area (TPSA) is 57.7 Å². The average Bonchev–Trinajstić information content (AvgIpc) is 2.83. The number of carbonyl (C=O) groups is 1. The second-order valence-electron chi connectivity index (χ2n) is 6.51. The Labute approximate surface area is 148 Å². The van der Waals surface area contributed by atoms with Crippen LogP contribution in [0.15, 0.2) is 28.0 Å². The van der Waals surface area contributed by atoms with Crippen molar-refractivity contribution in [3.05, 3.63) is 18.2 Å². The molecule has 0 aliphatic carbocycles. The lowest BCUT2D eigenvalue weighted by atomic mass is 10.2. The summed E-state index contributed by atoms with van der Waals surface area (Å²) in [4.78, 5) is 14.9. The predicted molar refractivity (Wildman–Crippen MR) is 97.0 cm³/mol. The van der Waals surface area contributed by atoms with E-state index < -0.39 is 10.0 Å². The third-order valence-corrected chi connectivity index (χ3v) is 7.62. The van der Waals surface area contributed by atoms with Crippen molar-refractivity contribution >= 4 is 33.4 Å². The molecule has 1 saturated heterocycles. The van der Waals surface area contributed by atoms with Gasteiger partial charge in [0.05, 0.1) is 10.6 Å². The van der Waals surface area contributed by atoms with Crippen LogP contribution in [0.4, 0.5) is 5.69 Å². The summed E-state index contributed by atoms with van der Waals surface area (Å²) in [5, 5.41) is 0.300. The fourth-order valence-electron chi connectivity index (χ4n) is 3.31. The van der Waals surface area contributed by atoms with Crippen LogP contribution < -0.4 is 4.90 Å². The first-order chi connectivity index (χ1) is 11.4. The van der Waals surface area contributed by atoms with Gasteiger partial charge < -0.3 is 4.90 Å². The Kier molecular flexibility index (Phi) is 5.22. The van der Waals surface area contributed by atoms with E-state index in [-0.39, 0.29) is 5.91 Å². The molecule has 1 fully saturated rings. The fraction of sp³-hybridized carbons (Fsp3) is 0.588. The maximum absolute atomic E-state index is 13.0. The van der Waals surface area contributed by atoms with Gasteiger partial charge in [0.2, 0.25) is 15.9 Å². The molecule has 2 aliphatic heterocycles. The first-order valence-electron chi connectivity index (χ1n) is 8.48. The van der Waals surface area contributed by atoms with E-state index in [4.69, 9.17) is 0 Å². The summed E-state index contributed by atoms with van der Waals surface area (Å²) < 4.78 is 27.6. The minimum atomic E-state index is -3.50. The number of hydrogen-bond donors (Lipinski definition) is 0. The Morgan fingerprint density at radius 1 is 1.17 bits per heavy atom. The van der Waals surface area contributed by atoms with Gasteiger partial charge in [0, 0.05) is 36.7 Å². The highest BCUT2D eigenvalue weighted by Crippen LogP contribution is 2.40. The third kappa shape index (κ3) is 3.48. The molecule has 0 unspecified atom stereocenters. The van der Waals surface area contributed by atoms with Crippen molar-refractivity contribution in [2.45, 2.75) is 54.6 Å². The smallest absolute Gasteiger partial charge is 0.243 e. The monoisotopic (exact) mass is 368 g/mol. The minimum Gasteiger partial charge on any atom is -0.310 e. The predicted octanol–water partition coefficient (Wildman–Crippen LogP) is 3.10. The van der Waals surface area contributed by atoms with Gasteiger partial charge in [-0.05, 0) is 31.0 Å². The van der Waals surface area contributed by atoms with Crippen molar-refractivity contribution < 1.29 is 13.2 Å². The molecule has 1 amide bonds. The number of nitrogens with zero attached hydrogens (tertiary/aromatic N) is 2. The first-order valence-corrected chi connectivity index (χ1v) is 10.8. The second-order valence-corrected chi connectivity index (χ2v) is 9.92. The normalized spacial score (nSPS) is 22.8. The van der Waals surface area contributed by atoms with E-state index in [1.54, 1.807) is 33.1 Å².